The number of carbonyl (C=O) groups is 1. The number of amides is 1. The summed E-state index contributed by atoms with van der Waals surface area (Å²) in [5.41, 5.74) is 5.95. The number of allylic oxidation sites excluding steroid dienone is 1. The second-order valence-corrected chi connectivity index (χ2v) is 10.8. The van der Waals surface area contributed by atoms with Crippen molar-refractivity contribution in [3.63, 3.8) is 0 Å². The van der Waals surface area contributed by atoms with E-state index in [2.05, 4.69) is 55.9 Å². The van der Waals surface area contributed by atoms with E-state index in [1.165, 1.54) is 17.3 Å². The summed E-state index contributed by atoms with van der Waals surface area (Å²) in [5, 5.41) is 0.640. The summed E-state index contributed by atoms with van der Waals surface area (Å²) in [6, 6.07) is 17.7. The lowest BCUT2D eigenvalue weighted by atomic mass is 9.88. The molecule has 0 aliphatic carbocycles. The Bertz CT molecular complexity index is 1430. The maximum atomic E-state index is 13.7. The largest absolute Gasteiger partial charge is 0.496 e. The van der Waals surface area contributed by atoms with Crippen molar-refractivity contribution in [3.8, 4) is 5.75 Å². The van der Waals surface area contributed by atoms with Crippen LogP contribution >= 0.6 is 11.8 Å². The van der Waals surface area contributed by atoms with Gasteiger partial charge in [-0.3, -0.25) is 14.7 Å². The van der Waals surface area contributed by atoms with E-state index in [-0.39, 0.29) is 11.4 Å². The highest BCUT2D eigenvalue weighted by atomic mass is 32.2. The van der Waals surface area contributed by atoms with Crippen LogP contribution in [-0.2, 0) is 11.3 Å². The van der Waals surface area contributed by atoms with Gasteiger partial charge in [0.25, 0.3) is 5.91 Å². The molecule has 2 aromatic carbocycles. The number of thioether (sulfide) groups is 1. The molecular formula is C30H30N4O2S. The van der Waals surface area contributed by atoms with Gasteiger partial charge < -0.3 is 9.64 Å². The van der Waals surface area contributed by atoms with Crippen molar-refractivity contribution in [1.29, 1.82) is 0 Å². The number of hydrogen-bond acceptors (Lipinski definition) is 6. The zero-order valence-corrected chi connectivity index (χ0v) is 22.5. The number of rotatable bonds is 5. The van der Waals surface area contributed by atoms with Crippen molar-refractivity contribution >= 4 is 45.9 Å². The summed E-state index contributed by atoms with van der Waals surface area (Å²) in [4.78, 5) is 27.3. The fourth-order valence-electron chi connectivity index (χ4n) is 4.64. The third-order valence-electron chi connectivity index (χ3n) is 6.79. The SMILES string of the molecule is COc1cc2c(cc1/C=C1/SC(=Nc3ccccc3)N(Cc3cccnc3)C1=O)C(C)=CC(C)(C)N2C. The fourth-order valence-corrected chi connectivity index (χ4v) is 5.63. The molecule has 1 fully saturated rings. The van der Waals surface area contributed by atoms with Crippen LogP contribution in [0.1, 0.15) is 37.5 Å². The average Bonchev–Trinajstić information content (AvgIpc) is 3.17. The molecule has 6 nitrogen and oxygen atoms in total. The third kappa shape index (κ3) is 4.91. The van der Waals surface area contributed by atoms with Crippen molar-refractivity contribution in [1.82, 2.24) is 9.88 Å². The zero-order valence-electron chi connectivity index (χ0n) is 21.7. The van der Waals surface area contributed by atoms with Crippen LogP contribution in [0.5, 0.6) is 5.75 Å². The molecule has 1 aromatic heterocycles. The predicted octanol–water partition coefficient (Wildman–Crippen LogP) is 6.53. The van der Waals surface area contributed by atoms with Crippen molar-refractivity contribution in [2.45, 2.75) is 32.9 Å². The Morgan fingerprint density at radius 2 is 1.92 bits per heavy atom. The number of carbonyl (C=O) groups excluding carboxylic acids is 1. The molecule has 0 bridgehead atoms. The number of methoxy groups -OCH3 is 1. The molecule has 7 heteroatoms. The second-order valence-electron chi connectivity index (χ2n) is 9.74. The molecule has 1 saturated heterocycles. The Morgan fingerprint density at radius 1 is 1.14 bits per heavy atom. The van der Waals surface area contributed by atoms with Crippen LogP contribution in [0.2, 0.25) is 0 Å². The predicted molar refractivity (Wildman–Crippen MR) is 153 cm³/mol. The zero-order chi connectivity index (χ0) is 26.2. The molecule has 2 aliphatic heterocycles. The average molecular weight is 511 g/mol. The van der Waals surface area contributed by atoms with Crippen molar-refractivity contribution in [3.05, 3.63) is 94.7 Å². The lowest BCUT2D eigenvalue weighted by Crippen LogP contribution is -2.42. The molecule has 0 saturated carbocycles. The topological polar surface area (TPSA) is 58.0 Å². The number of aliphatic imine (C=N–C) groups is 1. The number of likely N-dealkylation sites (N-methyl/N-ethyl adjacent to an activating group) is 1. The summed E-state index contributed by atoms with van der Waals surface area (Å²) in [5.74, 6) is 0.637. The van der Waals surface area contributed by atoms with Gasteiger partial charge in [0.15, 0.2) is 5.17 Å². The molecule has 1 amide bonds. The Hall–Kier alpha value is -3.84. The van der Waals surface area contributed by atoms with Crippen LogP contribution in [0.25, 0.3) is 11.6 Å². The van der Waals surface area contributed by atoms with Crippen molar-refractivity contribution in [2.75, 3.05) is 19.1 Å². The lowest BCUT2D eigenvalue weighted by molar-refractivity contribution is -0.122. The number of nitrogens with zero attached hydrogens (tertiary/aromatic N) is 4. The monoisotopic (exact) mass is 510 g/mol. The van der Waals surface area contributed by atoms with Gasteiger partial charge in [-0.25, -0.2) is 4.99 Å². The molecule has 3 heterocycles. The molecule has 37 heavy (non-hydrogen) atoms. The van der Waals surface area contributed by atoms with Gasteiger partial charge >= 0.3 is 0 Å². The van der Waals surface area contributed by atoms with E-state index >= 15 is 0 Å². The number of fused-ring (bicyclic) bond motifs is 1. The molecule has 0 radical (unpaired) electrons. The minimum Gasteiger partial charge on any atom is -0.496 e. The first-order valence-corrected chi connectivity index (χ1v) is 13.0. The maximum absolute atomic E-state index is 13.7. The first kappa shape index (κ1) is 24.8. The molecular weight excluding hydrogens is 480 g/mol. The minimum atomic E-state index is -0.102. The number of hydrogen-bond donors (Lipinski definition) is 0. The second kappa shape index (κ2) is 9.90. The van der Waals surface area contributed by atoms with Gasteiger partial charge in [0.05, 0.1) is 29.8 Å². The smallest absolute Gasteiger partial charge is 0.267 e. The molecule has 0 unspecified atom stereocenters. The van der Waals surface area contributed by atoms with Crippen molar-refractivity contribution in [2.24, 2.45) is 4.99 Å². The van der Waals surface area contributed by atoms with E-state index in [1.54, 1.807) is 24.4 Å². The van der Waals surface area contributed by atoms with Crippen LogP contribution in [0.4, 0.5) is 11.4 Å². The number of amidine groups is 1. The normalized spacial score (nSPS) is 18.8. The molecule has 0 atom stereocenters. The van der Waals surface area contributed by atoms with E-state index < -0.39 is 0 Å². The van der Waals surface area contributed by atoms with Crippen LogP contribution < -0.4 is 9.64 Å². The highest BCUT2D eigenvalue weighted by Crippen LogP contribution is 2.43. The van der Waals surface area contributed by atoms with Crippen LogP contribution in [0.3, 0.4) is 0 Å². The van der Waals surface area contributed by atoms with Gasteiger partial charge in [-0.2, -0.15) is 0 Å². The number of aromatic nitrogens is 1. The summed E-state index contributed by atoms with van der Waals surface area (Å²) in [6.45, 7) is 6.92. The lowest BCUT2D eigenvalue weighted by Gasteiger charge is -2.41. The van der Waals surface area contributed by atoms with Gasteiger partial charge in [0, 0.05) is 42.3 Å². The number of para-hydroxylation sites is 1. The quantitative estimate of drug-likeness (QED) is 0.366. The van der Waals surface area contributed by atoms with Crippen molar-refractivity contribution < 1.29 is 9.53 Å². The fraction of sp³-hybridized carbons (Fsp3) is 0.233. The highest BCUT2D eigenvalue weighted by molar-refractivity contribution is 8.18. The Labute approximate surface area is 222 Å². The van der Waals surface area contributed by atoms with Gasteiger partial charge in [0.2, 0.25) is 0 Å². The first-order valence-electron chi connectivity index (χ1n) is 12.2. The Balaban J connectivity index is 1.56. The standard InChI is InChI=1S/C30H30N4O2S/c1-20-17-30(2,3)33(4)25-16-26(36-5)22(14-24(20)25)15-27-28(35)34(19-21-10-9-13-31-18-21)29(37-27)32-23-11-7-6-8-12-23/h6-18H,19H2,1-5H3/b27-15+,32-29?. The number of pyridine rings is 1. The van der Waals surface area contributed by atoms with Gasteiger partial charge in [0.1, 0.15) is 5.75 Å². The summed E-state index contributed by atoms with van der Waals surface area (Å²) in [6.07, 6.45) is 7.70. The third-order valence-corrected chi connectivity index (χ3v) is 7.79. The van der Waals surface area contributed by atoms with E-state index in [9.17, 15) is 4.79 Å². The summed E-state index contributed by atoms with van der Waals surface area (Å²) < 4.78 is 5.79. The van der Waals surface area contributed by atoms with E-state index in [4.69, 9.17) is 9.73 Å². The number of ether oxygens (including phenoxy) is 1. The highest BCUT2D eigenvalue weighted by Gasteiger charge is 2.34. The molecule has 2 aliphatic rings. The Kier molecular flexibility index (Phi) is 6.65. The van der Waals surface area contributed by atoms with Gasteiger partial charge in [-0.1, -0.05) is 30.3 Å². The molecule has 0 spiro atoms. The van der Waals surface area contributed by atoms with Gasteiger partial charge in [-0.05, 0) is 74.0 Å². The summed E-state index contributed by atoms with van der Waals surface area (Å²) >= 11 is 1.38. The molecule has 188 valence electrons. The number of benzene rings is 2. The minimum absolute atomic E-state index is 0.0891. The molecule has 3 aromatic rings. The Morgan fingerprint density at radius 3 is 2.62 bits per heavy atom. The van der Waals surface area contributed by atoms with E-state index in [0.717, 1.165) is 33.8 Å². The number of anilines is 1. The van der Waals surface area contributed by atoms with Gasteiger partial charge in [-0.15, -0.1) is 0 Å². The van der Waals surface area contributed by atoms with Crippen LogP contribution in [-0.4, -0.2) is 40.7 Å². The first-order chi connectivity index (χ1) is 17.8. The maximum Gasteiger partial charge on any atom is 0.267 e. The van der Waals surface area contributed by atoms with E-state index in [1.807, 2.05) is 48.5 Å². The summed E-state index contributed by atoms with van der Waals surface area (Å²) in [7, 11) is 3.76. The van der Waals surface area contributed by atoms with Crippen LogP contribution in [0, 0.1) is 0 Å². The van der Waals surface area contributed by atoms with E-state index in [0.29, 0.717) is 16.6 Å². The molecule has 5 rings (SSSR count). The van der Waals surface area contributed by atoms with Crippen LogP contribution in [0.15, 0.2) is 83.0 Å². The molecule has 0 N–H and O–H groups in total.